The van der Waals surface area contributed by atoms with Crippen LogP contribution in [0.4, 0.5) is 11.4 Å². The van der Waals surface area contributed by atoms with Gasteiger partial charge in [-0.25, -0.2) is 4.79 Å². The van der Waals surface area contributed by atoms with E-state index in [-0.39, 0.29) is 33.8 Å². The molecule has 1 unspecified atom stereocenters. The number of anilines is 1. The van der Waals surface area contributed by atoms with Crippen LogP contribution in [0.3, 0.4) is 0 Å². The molecule has 0 aromatic heterocycles. The third kappa shape index (κ3) is 5.33. The molecule has 1 atom stereocenters. The van der Waals surface area contributed by atoms with Crippen molar-refractivity contribution in [2.45, 2.75) is 26.8 Å². The number of hydrogen-bond acceptors (Lipinski definition) is 6. The number of halogens is 3. The Morgan fingerprint density at radius 3 is 2.27 bits per heavy atom. The number of carbonyl (C=O) groups is 2. The van der Waals surface area contributed by atoms with Gasteiger partial charge >= 0.3 is 5.97 Å². The SMILES string of the molecule is CCOC(=O)C(C)N(C(C)=O)c1cc(Oc2c(Cl)cc(Cl)cc2Cl)ccc1[N+](=O)[O-]. The smallest absolute Gasteiger partial charge is 0.328 e. The minimum Gasteiger partial charge on any atom is -0.464 e. The Balaban J connectivity index is 2.56. The highest BCUT2D eigenvalue weighted by Crippen LogP contribution is 2.41. The average Bonchev–Trinajstić information content (AvgIpc) is 2.64. The summed E-state index contributed by atoms with van der Waals surface area (Å²) in [4.78, 5) is 36.3. The molecule has 11 heteroatoms. The highest BCUT2D eigenvalue weighted by atomic mass is 35.5. The van der Waals surface area contributed by atoms with Gasteiger partial charge in [-0.05, 0) is 32.0 Å². The fourth-order valence-electron chi connectivity index (χ4n) is 2.68. The summed E-state index contributed by atoms with van der Waals surface area (Å²) < 4.78 is 10.6. The number of esters is 1. The molecule has 0 spiro atoms. The minimum absolute atomic E-state index is 0.0790. The summed E-state index contributed by atoms with van der Waals surface area (Å²) in [5.74, 6) is -1.13. The molecule has 2 aromatic rings. The molecule has 1 amide bonds. The van der Waals surface area contributed by atoms with E-state index >= 15 is 0 Å². The quantitative estimate of drug-likeness (QED) is 0.291. The molecule has 0 aliphatic heterocycles. The van der Waals surface area contributed by atoms with Gasteiger partial charge in [0.1, 0.15) is 17.5 Å². The van der Waals surface area contributed by atoms with Crippen molar-refractivity contribution in [2.75, 3.05) is 11.5 Å². The van der Waals surface area contributed by atoms with Gasteiger partial charge in [0, 0.05) is 24.1 Å². The van der Waals surface area contributed by atoms with Gasteiger partial charge in [0.05, 0.1) is 21.6 Å². The van der Waals surface area contributed by atoms with Crippen LogP contribution in [0, 0.1) is 10.1 Å². The number of nitro groups is 1. The Morgan fingerprint density at radius 1 is 1.17 bits per heavy atom. The summed E-state index contributed by atoms with van der Waals surface area (Å²) in [6.45, 7) is 4.29. The van der Waals surface area contributed by atoms with Gasteiger partial charge < -0.3 is 9.47 Å². The second-order valence-electron chi connectivity index (χ2n) is 6.03. The highest BCUT2D eigenvalue weighted by Gasteiger charge is 2.32. The first-order valence-electron chi connectivity index (χ1n) is 8.64. The number of rotatable bonds is 7. The van der Waals surface area contributed by atoms with Gasteiger partial charge in [-0.15, -0.1) is 0 Å². The predicted octanol–water partition coefficient (Wildman–Crippen LogP) is 5.65. The second-order valence-corrected chi connectivity index (χ2v) is 7.28. The highest BCUT2D eigenvalue weighted by molar-refractivity contribution is 6.40. The molecule has 160 valence electrons. The lowest BCUT2D eigenvalue weighted by Crippen LogP contribution is -2.43. The van der Waals surface area contributed by atoms with Crippen LogP contribution in [0.2, 0.25) is 15.1 Å². The van der Waals surface area contributed by atoms with Crippen molar-refractivity contribution < 1.29 is 24.0 Å². The molecule has 30 heavy (non-hydrogen) atoms. The molecule has 0 N–H and O–H groups in total. The van der Waals surface area contributed by atoms with Crippen LogP contribution in [-0.2, 0) is 14.3 Å². The van der Waals surface area contributed by atoms with Gasteiger partial charge in [0.2, 0.25) is 5.91 Å². The molecule has 0 fully saturated rings. The first kappa shape index (κ1) is 23.7. The summed E-state index contributed by atoms with van der Waals surface area (Å²) in [5, 5.41) is 12.1. The summed E-state index contributed by atoms with van der Waals surface area (Å²) >= 11 is 18.1. The van der Waals surface area contributed by atoms with E-state index < -0.39 is 28.5 Å². The van der Waals surface area contributed by atoms with Crippen LogP contribution >= 0.6 is 34.8 Å². The van der Waals surface area contributed by atoms with Crippen LogP contribution in [0.1, 0.15) is 20.8 Å². The molecule has 0 aliphatic rings. The molecular formula is C19H17Cl3N2O6. The molecular weight excluding hydrogens is 459 g/mol. The van der Waals surface area contributed by atoms with E-state index in [1.807, 2.05) is 0 Å². The minimum atomic E-state index is -1.11. The zero-order chi connectivity index (χ0) is 22.6. The van der Waals surface area contributed by atoms with E-state index in [1.54, 1.807) is 6.92 Å². The van der Waals surface area contributed by atoms with Crippen molar-refractivity contribution >= 4 is 58.1 Å². The lowest BCUT2D eigenvalue weighted by molar-refractivity contribution is -0.384. The van der Waals surface area contributed by atoms with E-state index in [2.05, 4.69) is 0 Å². The summed E-state index contributed by atoms with van der Waals surface area (Å²) in [5.41, 5.74) is -0.547. The topological polar surface area (TPSA) is 99.0 Å². The Bertz CT molecular complexity index is 975. The standard InChI is InChI=1S/C19H17Cl3N2O6/c1-4-29-19(26)10(2)23(11(3)25)17-9-13(5-6-16(17)24(27)28)30-18-14(21)7-12(20)8-15(18)22/h5-10H,4H2,1-3H3. The third-order valence-electron chi connectivity index (χ3n) is 3.94. The Morgan fingerprint density at radius 2 is 1.77 bits per heavy atom. The van der Waals surface area contributed by atoms with Crippen molar-refractivity contribution in [2.24, 2.45) is 0 Å². The Kier molecular flexibility index (Phi) is 7.89. The monoisotopic (exact) mass is 474 g/mol. The van der Waals surface area contributed by atoms with Crippen molar-refractivity contribution in [3.63, 3.8) is 0 Å². The largest absolute Gasteiger partial charge is 0.464 e. The fraction of sp³-hybridized carbons (Fsp3) is 0.263. The van der Waals surface area contributed by atoms with E-state index in [9.17, 15) is 19.7 Å². The fourth-order valence-corrected chi connectivity index (χ4v) is 3.57. The summed E-state index contributed by atoms with van der Waals surface area (Å²) in [7, 11) is 0. The number of hydrogen-bond donors (Lipinski definition) is 0. The van der Waals surface area contributed by atoms with Crippen molar-refractivity contribution in [3.05, 3.63) is 55.5 Å². The number of nitro benzene ring substituents is 1. The summed E-state index contributed by atoms with van der Waals surface area (Å²) in [6.07, 6.45) is 0. The maximum Gasteiger partial charge on any atom is 0.328 e. The average molecular weight is 476 g/mol. The van der Waals surface area contributed by atoms with E-state index in [4.69, 9.17) is 44.3 Å². The molecule has 0 bridgehead atoms. The number of nitrogens with zero attached hydrogens (tertiary/aromatic N) is 2. The summed E-state index contributed by atoms with van der Waals surface area (Å²) in [6, 6.07) is 5.44. The second kappa shape index (κ2) is 9.97. The Labute approximate surface area is 187 Å². The first-order chi connectivity index (χ1) is 14.1. The third-order valence-corrected chi connectivity index (χ3v) is 4.72. The van der Waals surface area contributed by atoms with E-state index in [1.165, 1.54) is 38.1 Å². The van der Waals surface area contributed by atoms with Gasteiger partial charge in [-0.2, -0.15) is 0 Å². The van der Waals surface area contributed by atoms with E-state index in [0.717, 1.165) is 11.0 Å². The normalized spacial score (nSPS) is 11.5. The number of carbonyl (C=O) groups excluding carboxylic acids is 2. The first-order valence-corrected chi connectivity index (χ1v) is 9.77. The van der Waals surface area contributed by atoms with Gasteiger partial charge in [0.25, 0.3) is 5.69 Å². The van der Waals surface area contributed by atoms with Crippen molar-refractivity contribution in [1.29, 1.82) is 0 Å². The van der Waals surface area contributed by atoms with E-state index in [0.29, 0.717) is 5.02 Å². The van der Waals surface area contributed by atoms with Crippen molar-refractivity contribution in [3.8, 4) is 11.5 Å². The molecule has 8 nitrogen and oxygen atoms in total. The van der Waals surface area contributed by atoms with Crippen LogP contribution < -0.4 is 9.64 Å². The van der Waals surface area contributed by atoms with Crippen LogP contribution in [-0.4, -0.2) is 29.4 Å². The molecule has 0 heterocycles. The lowest BCUT2D eigenvalue weighted by atomic mass is 10.1. The molecule has 2 rings (SSSR count). The predicted molar refractivity (Wildman–Crippen MR) is 114 cm³/mol. The van der Waals surface area contributed by atoms with Crippen molar-refractivity contribution in [1.82, 2.24) is 0 Å². The zero-order valence-corrected chi connectivity index (χ0v) is 18.4. The van der Waals surface area contributed by atoms with Crippen LogP contribution in [0.5, 0.6) is 11.5 Å². The number of amides is 1. The molecule has 0 radical (unpaired) electrons. The molecule has 0 saturated heterocycles. The maximum absolute atomic E-state index is 12.3. The molecule has 2 aromatic carbocycles. The maximum atomic E-state index is 12.3. The van der Waals surface area contributed by atoms with Gasteiger partial charge in [-0.3, -0.25) is 19.8 Å². The zero-order valence-electron chi connectivity index (χ0n) is 16.1. The number of ether oxygens (including phenoxy) is 2. The molecule has 0 saturated carbocycles. The molecule has 0 aliphatic carbocycles. The lowest BCUT2D eigenvalue weighted by Gasteiger charge is -2.26. The van der Waals surface area contributed by atoms with Crippen LogP contribution in [0.15, 0.2) is 30.3 Å². The van der Waals surface area contributed by atoms with Gasteiger partial charge in [-0.1, -0.05) is 34.8 Å². The number of benzene rings is 2. The van der Waals surface area contributed by atoms with Crippen LogP contribution in [0.25, 0.3) is 0 Å². The Hall–Kier alpha value is -2.55. The van der Waals surface area contributed by atoms with Gasteiger partial charge in [0.15, 0.2) is 5.75 Å².